The molecule has 2 aromatic rings. The lowest BCUT2D eigenvalue weighted by Gasteiger charge is -2.04. The quantitative estimate of drug-likeness (QED) is 0.627. The lowest BCUT2D eigenvalue weighted by Crippen LogP contribution is -2.05. The Balaban J connectivity index is 2.26. The predicted molar refractivity (Wildman–Crippen MR) is 84.0 cm³/mol. The Bertz CT molecular complexity index is 834. The number of fused-ring (bicyclic) bond motifs is 1. The summed E-state index contributed by atoms with van der Waals surface area (Å²) in [5.74, 6) is -0.316. The minimum Gasteiger partial charge on any atom is -0.321 e. The van der Waals surface area contributed by atoms with Gasteiger partial charge in [0, 0.05) is 15.6 Å². The molecule has 1 N–H and O–H groups in total. The highest BCUT2D eigenvalue weighted by atomic mass is 35.5. The smallest absolute Gasteiger partial charge is 0.257 e. The van der Waals surface area contributed by atoms with Crippen LogP contribution in [0, 0.1) is 11.3 Å². The van der Waals surface area contributed by atoms with Crippen molar-refractivity contribution in [3.05, 3.63) is 63.6 Å². The van der Waals surface area contributed by atoms with Crippen molar-refractivity contribution in [2.45, 2.75) is 0 Å². The summed E-state index contributed by atoms with van der Waals surface area (Å²) in [5, 5.41) is 13.2. The van der Waals surface area contributed by atoms with Gasteiger partial charge in [0.15, 0.2) is 0 Å². The number of nitrogens with one attached hydrogen (secondary N) is 1. The van der Waals surface area contributed by atoms with Gasteiger partial charge in [0.25, 0.3) is 5.91 Å². The van der Waals surface area contributed by atoms with Crippen LogP contribution in [0.15, 0.2) is 42.5 Å². The molecule has 0 fully saturated rings. The molecule has 1 heterocycles. The molecule has 2 aromatic carbocycles. The van der Waals surface area contributed by atoms with E-state index in [0.717, 1.165) is 0 Å². The number of carbonyl (C=O) groups is 1. The molecule has 0 aliphatic carbocycles. The molecule has 21 heavy (non-hydrogen) atoms. The van der Waals surface area contributed by atoms with Crippen LogP contribution in [0.3, 0.4) is 0 Å². The lowest BCUT2D eigenvalue weighted by atomic mass is 9.96. The van der Waals surface area contributed by atoms with Gasteiger partial charge in [-0.05, 0) is 29.8 Å². The summed E-state index contributed by atoms with van der Waals surface area (Å²) >= 11 is 11.9. The summed E-state index contributed by atoms with van der Waals surface area (Å²) in [5.41, 5.74) is 2.51. The normalized spacial score (nSPS) is 15.2. The molecule has 0 atom stereocenters. The van der Waals surface area contributed by atoms with Crippen LogP contribution >= 0.6 is 23.2 Å². The van der Waals surface area contributed by atoms with Gasteiger partial charge in [-0.25, -0.2) is 0 Å². The van der Waals surface area contributed by atoms with Crippen LogP contribution in [0.5, 0.6) is 0 Å². The molecular weight excluding hydrogens is 307 g/mol. The number of nitriles is 1. The molecule has 1 amide bonds. The van der Waals surface area contributed by atoms with Crippen LogP contribution in [0.1, 0.15) is 11.1 Å². The van der Waals surface area contributed by atoms with E-state index in [-0.39, 0.29) is 11.5 Å². The summed E-state index contributed by atoms with van der Waals surface area (Å²) in [6.07, 6.45) is 0. The molecule has 0 radical (unpaired) electrons. The zero-order valence-corrected chi connectivity index (χ0v) is 12.2. The first-order valence-corrected chi connectivity index (χ1v) is 6.87. The Hall–Kier alpha value is -2.28. The van der Waals surface area contributed by atoms with E-state index in [0.29, 0.717) is 32.4 Å². The van der Waals surface area contributed by atoms with Crippen molar-refractivity contribution in [3.8, 4) is 6.07 Å². The third kappa shape index (κ3) is 2.40. The molecule has 0 saturated carbocycles. The first-order chi connectivity index (χ1) is 10.1. The largest absolute Gasteiger partial charge is 0.321 e. The molecule has 5 heteroatoms. The highest BCUT2D eigenvalue weighted by Crippen LogP contribution is 2.38. The van der Waals surface area contributed by atoms with Crippen molar-refractivity contribution >= 4 is 45.9 Å². The molecular formula is C16H8Cl2N2O. The predicted octanol–water partition coefficient (Wildman–Crippen LogP) is 4.38. The minimum atomic E-state index is -0.316. The molecule has 0 saturated heterocycles. The van der Waals surface area contributed by atoms with Gasteiger partial charge in [0.05, 0.1) is 16.8 Å². The highest BCUT2D eigenvalue weighted by Gasteiger charge is 2.28. The SMILES string of the molecule is N#CC(=C1C(=O)Nc2cc(Cl)ccc21)c1cccc(Cl)c1. The number of anilines is 1. The molecule has 102 valence electrons. The number of amides is 1. The topological polar surface area (TPSA) is 52.9 Å². The highest BCUT2D eigenvalue weighted by molar-refractivity contribution is 6.39. The van der Waals surface area contributed by atoms with Crippen molar-refractivity contribution in [2.75, 3.05) is 5.32 Å². The standard InChI is InChI=1S/C16H8Cl2N2O/c17-10-3-1-2-9(6-10)13(8-19)15-12-5-4-11(18)7-14(12)20-16(15)21/h1-7H,(H,20,21). The molecule has 0 spiro atoms. The second-order valence-electron chi connectivity index (χ2n) is 4.52. The number of hydrogen-bond donors (Lipinski definition) is 1. The third-order valence-electron chi connectivity index (χ3n) is 3.20. The third-order valence-corrected chi connectivity index (χ3v) is 3.67. The fourth-order valence-electron chi connectivity index (χ4n) is 2.30. The number of benzene rings is 2. The monoisotopic (exact) mass is 314 g/mol. The molecule has 0 aromatic heterocycles. The van der Waals surface area contributed by atoms with Crippen LogP contribution in [0.4, 0.5) is 5.69 Å². The van der Waals surface area contributed by atoms with Crippen LogP contribution in [0.2, 0.25) is 10.0 Å². The van der Waals surface area contributed by atoms with E-state index in [4.69, 9.17) is 23.2 Å². The van der Waals surface area contributed by atoms with Crippen LogP contribution in [-0.2, 0) is 4.79 Å². The average molecular weight is 315 g/mol. The van der Waals surface area contributed by atoms with E-state index in [9.17, 15) is 10.1 Å². The van der Waals surface area contributed by atoms with E-state index < -0.39 is 0 Å². The molecule has 0 unspecified atom stereocenters. The number of nitrogens with zero attached hydrogens (tertiary/aromatic N) is 1. The lowest BCUT2D eigenvalue weighted by molar-refractivity contribution is -0.110. The maximum Gasteiger partial charge on any atom is 0.257 e. The number of allylic oxidation sites excluding steroid dienone is 1. The fourth-order valence-corrected chi connectivity index (χ4v) is 2.66. The zero-order chi connectivity index (χ0) is 15.0. The van der Waals surface area contributed by atoms with Crippen molar-refractivity contribution < 1.29 is 4.79 Å². The first kappa shape index (κ1) is 13.7. The van der Waals surface area contributed by atoms with Crippen molar-refractivity contribution in [2.24, 2.45) is 0 Å². The summed E-state index contributed by atoms with van der Waals surface area (Å²) in [6, 6.07) is 14.0. The van der Waals surface area contributed by atoms with Gasteiger partial charge >= 0.3 is 0 Å². The van der Waals surface area contributed by atoms with Gasteiger partial charge in [0.2, 0.25) is 0 Å². The van der Waals surface area contributed by atoms with E-state index >= 15 is 0 Å². The number of carbonyl (C=O) groups excluding carboxylic acids is 1. The van der Waals surface area contributed by atoms with Gasteiger partial charge in [-0.2, -0.15) is 5.26 Å². The summed E-state index contributed by atoms with van der Waals surface area (Å²) < 4.78 is 0. The second-order valence-corrected chi connectivity index (χ2v) is 5.39. The maximum absolute atomic E-state index is 12.2. The fraction of sp³-hybridized carbons (Fsp3) is 0. The summed E-state index contributed by atoms with van der Waals surface area (Å²) in [6.45, 7) is 0. The van der Waals surface area contributed by atoms with Gasteiger partial charge in [-0.1, -0.05) is 41.4 Å². The Morgan fingerprint density at radius 3 is 2.57 bits per heavy atom. The second kappa shape index (κ2) is 5.25. The number of hydrogen-bond acceptors (Lipinski definition) is 2. The van der Waals surface area contributed by atoms with Gasteiger partial charge < -0.3 is 5.32 Å². The molecule has 1 aliphatic heterocycles. The molecule has 3 nitrogen and oxygen atoms in total. The molecule has 3 rings (SSSR count). The number of halogens is 2. The molecule has 0 bridgehead atoms. The van der Waals surface area contributed by atoms with Crippen molar-refractivity contribution in [1.82, 2.24) is 0 Å². The van der Waals surface area contributed by atoms with Crippen LogP contribution in [-0.4, -0.2) is 5.91 Å². The Morgan fingerprint density at radius 2 is 1.86 bits per heavy atom. The minimum absolute atomic E-state index is 0.288. The summed E-state index contributed by atoms with van der Waals surface area (Å²) in [4.78, 5) is 12.2. The van der Waals surface area contributed by atoms with E-state index in [1.807, 2.05) is 0 Å². The Labute approximate surface area is 131 Å². The Morgan fingerprint density at radius 1 is 1.10 bits per heavy atom. The van der Waals surface area contributed by atoms with Crippen molar-refractivity contribution in [3.63, 3.8) is 0 Å². The van der Waals surface area contributed by atoms with Gasteiger partial charge in [-0.15, -0.1) is 0 Å². The van der Waals surface area contributed by atoms with Crippen LogP contribution in [0.25, 0.3) is 11.1 Å². The van der Waals surface area contributed by atoms with Crippen LogP contribution < -0.4 is 5.32 Å². The average Bonchev–Trinajstić information content (AvgIpc) is 2.76. The van der Waals surface area contributed by atoms with E-state index in [2.05, 4.69) is 11.4 Å². The number of rotatable bonds is 1. The first-order valence-electron chi connectivity index (χ1n) is 6.12. The van der Waals surface area contributed by atoms with Gasteiger partial charge in [0.1, 0.15) is 6.07 Å². The summed E-state index contributed by atoms with van der Waals surface area (Å²) in [7, 11) is 0. The van der Waals surface area contributed by atoms with Crippen molar-refractivity contribution in [1.29, 1.82) is 5.26 Å². The van der Waals surface area contributed by atoms with E-state index in [1.165, 1.54) is 0 Å². The Kier molecular flexibility index (Phi) is 3.42. The molecule has 1 aliphatic rings. The zero-order valence-electron chi connectivity index (χ0n) is 10.7. The van der Waals surface area contributed by atoms with Gasteiger partial charge in [-0.3, -0.25) is 4.79 Å². The van der Waals surface area contributed by atoms with E-state index in [1.54, 1.807) is 42.5 Å². The maximum atomic E-state index is 12.2.